The van der Waals surface area contributed by atoms with Gasteiger partial charge in [0.15, 0.2) is 0 Å². The van der Waals surface area contributed by atoms with Crippen LogP contribution in [0.4, 0.5) is 19.3 Å². The maximum atomic E-state index is 13.5. The maximum absolute atomic E-state index is 13.5. The molecular weight excluding hydrogens is 594 g/mol. The lowest BCUT2D eigenvalue weighted by atomic mass is 9.92. The molecule has 1 aliphatic carbocycles. The molecule has 9 nitrogen and oxygen atoms in total. The number of ether oxygens (including phenoxy) is 3. The fraction of sp³-hybridized carbons (Fsp3) is 0.543. The highest BCUT2D eigenvalue weighted by atomic mass is 19.3. The van der Waals surface area contributed by atoms with E-state index in [1.165, 1.54) is 11.7 Å². The fourth-order valence-electron chi connectivity index (χ4n) is 6.27. The molecular formula is C35H48F2N4O5. The molecule has 1 aromatic heterocycles. The predicted molar refractivity (Wildman–Crippen MR) is 176 cm³/mol. The van der Waals surface area contributed by atoms with Crippen LogP contribution in [-0.4, -0.2) is 84.9 Å². The Bertz CT molecular complexity index is 1550. The van der Waals surface area contributed by atoms with Gasteiger partial charge in [-0.15, -0.1) is 0 Å². The molecule has 3 aromatic rings. The molecule has 1 unspecified atom stereocenters. The van der Waals surface area contributed by atoms with Gasteiger partial charge >= 0.3 is 12.1 Å². The van der Waals surface area contributed by atoms with E-state index in [2.05, 4.69) is 10.2 Å². The summed E-state index contributed by atoms with van der Waals surface area (Å²) in [6.45, 7) is 8.97. The number of carbonyl (C=O) groups excluding carboxylic acids is 2. The molecule has 252 valence electrons. The van der Waals surface area contributed by atoms with Crippen molar-refractivity contribution in [3.05, 3.63) is 58.8 Å². The van der Waals surface area contributed by atoms with Crippen molar-refractivity contribution in [1.82, 2.24) is 14.4 Å². The van der Waals surface area contributed by atoms with Crippen molar-refractivity contribution < 1.29 is 32.6 Å². The van der Waals surface area contributed by atoms with Gasteiger partial charge in [-0.3, -0.25) is 14.4 Å². The van der Waals surface area contributed by atoms with E-state index in [-0.39, 0.29) is 26.1 Å². The Morgan fingerprint density at radius 1 is 1.09 bits per heavy atom. The van der Waals surface area contributed by atoms with Gasteiger partial charge in [0.25, 0.3) is 6.43 Å². The number of esters is 1. The average molecular weight is 643 g/mol. The minimum absolute atomic E-state index is 0. The molecule has 11 heteroatoms. The number of halogens is 2. The number of methoxy groups -OCH3 is 2. The van der Waals surface area contributed by atoms with Crippen molar-refractivity contribution in [2.24, 2.45) is 0 Å². The number of carbonyl (C=O) groups is 2. The van der Waals surface area contributed by atoms with E-state index in [1.807, 2.05) is 52.0 Å². The number of fused-ring (bicyclic) bond motifs is 1. The van der Waals surface area contributed by atoms with Crippen LogP contribution in [0.15, 0.2) is 36.5 Å². The van der Waals surface area contributed by atoms with Gasteiger partial charge in [-0.1, -0.05) is 13.5 Å². The lowest BCUT2D eigenvalue weighted by molar-refractivity contribution is 0.0245. The zero-order chi connectivity index (χ0) is 32.5. The molecule has 1 aliphatic heterocycles. The molecule has 1 saturated carbocycles. The van der Waals surface area contributed by atoms with Gasteiger partial charge in [0.2, 0.25) is 0 Å². The number of hydrogen-bond acceptors (Lipinski definition) is 8. The molecule has 0 amide bonds. The number of nitrogens with one attached hydrogen (secondary N) is 1. The van der Waals surface area contributed by atoms with Crippen LogP contribution < -0.4 is 10.1 Å². The van der Waals surface area contributed by atoms with E-state index in [0.29, 0.717) is 43.2 Å². The zero-order valence-electron chi connectivity index (χ0n) is 27.0. The van der Waals surface area contributed by atoms with Crippen molar-refractivity contribution in [3.8, 4) is 5.75 Å². The Hall–Kier alpha value is -3.70. The lowest BCUT2D eigenvalue weighted by Crippen LogP contribution is -2.49. The van der Waals surface area contributed by atoms with Crippen molar-refractivity contribution >= 4 is 28.7 Å². The summed E-state index contributed by atoms with van der Waals surface area (Å²) in [5, 5.41) is 4.37. The van der Waals surface area contributed by atoms with Crippen LogP contribution >= 0.6 is 0 Å². The first-order chi connectivity index (χ1) is 21.4. The first kappa shape index (κ1) is 35.2. The topological polar surface area (TPSA) is 85.3 Å². The summed E-state index contributed by atoms with van der Waals surface area (Å²) in [6, 6.07) is 9.47. The number of aryl methyl sites for hydroxylation is 1. The third-order valence-electron chi connectivity index (χ3n) is 8.67. The average Bonchev–Trinajstić information content (AvgIpc) is 3.41. The fourth-order valence-corrected chi connectivity index (χ4v) is 6.27. The van der Waals surface area contributed by atoms with Gasteiger partial charge in [-0.2, -0.15) is 0 Å². The highest BCUT2D eigenvalue weighted by Gasteiger charge is 2.32. The van der Waals surface area contributed by atoms with Crippen molar-refractivity contribution in [3.63, 3.8) is 0 Å². The van der Waals surface area contributed by atoms with Crippen LogP contribution in [0.3, 0.4) is 0 Å². The molecule has 2 fully saturated rings. The van der Waals surface area contributed by atoms with Crippen LogP contribution in [-0.2, 0) is 16.0 Å². The monoisotopic (exact) mass is 642 g/mol. The second-order valence-corrected chi connectivity index (χ2v) is 13.0. The Morgan fingerprint density at radius 2 is 1.83 bits per heavy atom. The molecule has 0 spiro atoms. The number of rotatable bonds is 9. The largest absolute Gasteiger partial charge is 0.496 e. The highest BCUT2D eigenvalue weighted by molar-refractivity contribution is 5.96. The predicted octanol–water partition coefficient (Wildman–Crippen LogP) is 7.25. The quantitative estimate of drug-likeness (QED) is 0.244. The molecule has 2 heterocycles. The van der Waals surface area contributed by atoms with Gasteiger partial charge in [-0.25, -0.2) is 18.4 Å². The van der Waals surface area contributed by atoms with Gasteiger partial charge in [0.1, 0.15) is 11.4 Å². The number of piperazine rings is 1. The summed E-state index contributed by atoms with van der Waals surface area (Å²) < 4.78 is 45.2. The minimum atomic E-state index is -2.45. The standard InChI is InChI=1S/C34H44F2N4O5.CH4/c1-21-16-29(43-5)26(24-12-13-40(31(21)24)33(42)45-34(2,3)4)18-39-15-14-38(20-30(35)36)19-28(39)22-10-11-25(32(41)44-6)27(17-22)37-23-8-7-9-23;/h10-13,16-17,23,28,30,37H,7-9,14-15,18-20H2,1-6H3;1H4. The van der Waals surface area contributed by atoms with Crippen LogP contribution in [0.5, 0.6) is 5.75 Å². The zero-order valence-corrected chi connectivity index (χ0v) is 27.0. The van der Waals surface area contributed by atoms with Gasteiger partial charge in [-0.05, 0) is 82.3 Å². The minimum Gasteiger partial charge on any atom is -0.496 e. The molecule has 46 heavy (non-hydrogen) atoms. The first-order valence-electron chi connectivity index (χ1n) is 15.5. The summed E-state index contributed by atoms with van der Waals surface area (Å²) in [5.74, 6) is 0.258. The third kappa shape index (κ3) is 7.63. The Morgan fingerprint density at radius 3 is 2.43 bits per heavy atom. The van der Waals surface area contributed by atoms with E-state index in [4.69, 9.17) is 14.2 Å². The van der Waals surface area contributed by atoms with Gasteiger partial charge < -0.3 is 19.5 Å². The maximum Gasteiger partial charge on any atom is 0.419 e. The van der Waals surface area contributed by atoms with Gasteiger partial charge in [0.05, 0.1) is 31.8 Å². The first-order valence-corrected chi connectivity index (χ1v) is 15.5. The third-order valence-corrected chi connectivity index (χ3v) is 8.67. The number of nitrogens with zero attached hydrogens (tertiary/aromatic N) is 3. The van der Waals surface area contributed by atoms with Gasteiger partial charge in [0, 0.05) is 61.1 Å². The Kier molecular flexibility index (Phi) is 11.0. The molecule has 1 N–H and O–H groups in total. The molecule has 1 atom stereocenters. The normalized spacial score (nSPS) is 17.8. The molecule has 0 radical (unpaired) electrons. The summed E-state index contributed by atoms with van der Waals surface area (Å²) >= 11 is 0. The smallest absolute Gasteiger partial charge is 0.419 e. The van der Waals surface area contributed by atoms with Crippen molar-refractivity contribution in [2.45, 2.75) is 85.0 Å². The molecule has 2 aliphatic rings. The summed E-state index contributed by atoms with van der Waals surface area (Å²) in [5.41, 5.74) is 3.90. The van der Waals surface area contributed by atoms with Crippen molar-refractivity contribution in [2.75, 3.05) is 45.7 Å². The summed E-state index contributed by atoms with van der Waals surface area (Å²) in [4.78, 5) is 29.8. The number of alkyl halides is 2. The van der Waals surface area contributed by atoms with Crippen LogP contribution in [0.25, 0.3) is 10.9 Å². The van der Waals surface area contributed by atoms with Crippen LogP contribution in [0.2, 0.25) is 0 Å². The number of hydrogen-bond donors (Lipinski definition) is 1. The SMILES string of the molecule is C.COC(=O)c1ccc(C2CN(CC(F)F)CCN2Cc2c(OC)cc(C)c3c2ccn3C(=O)OC(C)(C)C)cc1NC1CCC1. The van der Waals surface area contributed by atoms with Crippen LogP contribution in [0, 0.1) is 6.92 Å². The number of benzene rings is 2. The Balaban J connectivity index is 0.00000480. The Labute approximate surface area is 270 Å². The molecule has 1 saturated heterocycles. The van der Waals surface area contributed by atoms with E-state index >= 15 is 0 Å². The van der Waals surface area contributed by atoms with E-state index in [9.17, 15) is 18.4 Å². The number of aromatic nitrogens is 1. The molecule has 0 bridgehead atoms. The highest BCUT2D eigenvalue weighted by Crippen LogP contribution is 2.37. The van der Waals surface area contributed by atoms with E-state index in [1.54, 1.807) is 24.3 Å². The number of anilines is 1. The van der Waals surface area contributed by atoms with E-state index in [0.717, 1.165) is 46.9 Å². The second-order valence-electron chi connectivity index (χ2n) is 13.0. The van der Waals surface area contributed by atoms with E-state index < -0.39 is 24.1 Å². The van der Waals surface area contributed by atoms with Crippen LogP contribution in [0.1, 0.15) is 80.6 Å². The molecule has 2 aromatic carbocycles. The summed E-state index contributed by atoms with van der Waals surface area (Å²) in [6.07, 6.45) is 1.98. The lowest BCUT2D eigenvalue weighted by Gasteiger charge is -2.42. The summed E-state index contributed by atoms with van der Waals surface area (Å²) in [7, 11) is 2.98. The molecule has 5 rings (SSSR count). The van der Waals surface area contributed by atoms with Crippen molar-refractivity contribution in [1.29, 1.82) is 0 Å². The second kappa shape index (κ2) is 14.4.